The van der Waals surface area contributed by atoms with Gasteiger partial charge in [-0.15, -0.1) is 0 Å². The van der Waals surface area contributed by atoms with Crippen LogP contribution in [0.3, 0.4) is 0 Å². The van der Waals surface area contributed by atoms with Gasteiger partial charge in [-0.05, 0) is 60.4 Å². The zero-order valence-electron chi connectivity index (χ0n) is 21.8. The number of aliphatic hydroxyl groups is 1. The number of hydrogen-bond donors (Lipinski definition) is 2. The number of nitrogens with one attached hydrogen (secondary N) is 1. The van der Waals surface area contributed by atoms with Crippen LogP contribution < -0.4 is 10.1 Å². The number of nitrogens with zero attached hydrogens (tertiary/aromatic N) is 1. The predicted octanol–water partition coefficient (Wildman–Crippen LogP) is 2.59. The number of hydrogen-bond acceptors (Lipinski definition) is 8. The van der Waals surface area contributed by atoms with Crippen molar-refractivity contribution in [2.24, 2.45) is 0 Å². The summed E-state index contributed by atoms with van der Waals surface area (Å²) in [5, 5.41) is 15.6. The van der Waals surface area contributed by atoms with Crippen LogP contribution in [0.1, 0.15) is 19.3 Å². The molecule has 210 valence electrons. The summed E-state index contributed by atoms with van der Waals surface area (Å²) in [4.78, 5) is 0.473. The second-order valence-corrected chi connectivity index (χ2v) is 14.4. The average molecular weight is 575 g/mol. The molecule has 2 aliphatic rings. The fraction of sp³-hybridized carbons (Fsp3) is 0.429. The smallest absolute Gasteiger partial charge is 0.243 e. The van der Waals surface area contributed by atoms with Crippen molar-refractivity contribution >= 4 is 30.6 Å². The third kappa shape index (κ3) is 6.45. The van der Waals surface area contributed by atoms with E-state index in [9.17, 15) is 21.9 Å². The van der Waals surface area contributed by atoms with Gasteiger partial charge in [0.05, 0.1) is 22.0 Å². The van der Waals surface area contributed by atoms with Crippen LogP contribution in [0.25, 0.3) is 10.8 Å². The van der Waals surface area contributed by atoms with Crippen molar-refractivity contribution in [3.05, 3.63) is 66.7 Å². The topological polar surface area (TPSA) is 122 Å². The van der Waals surface area contributed by atoms with Gasteiger partial charge < -0.3 is 19.9 Å². The Morgan fingerprint density at radius 3 is 2.49 bits per heavy atom. The van der Waals surface area contributed by atoms with Crippen LogP contribution in [0, 0.1) is 0 Å². The highest BCUT2D eigenvalue weighted by Gasteiger charge is 2.44. The molecule has 0 aliphatic carbocycles. The van der Waals surface area contributed by atoms with Crippen molar-refractivity contribution in [3.8, 4) is 5.75 Å². The second-order valence-electron chi connectivity index (χ2n) is 10.4. The number of sulfonamides is 1. The van der Waals surface area contributed by atoms with Crippen LogP contribution in [0.15, 0.2) is 76.5 Å². The van der Waals surface area contributed by atoms with Gasteiger partial charge in [-0.25, -0.2) is 16.8 Å². The molecule has 2 aliphatic heterocycles. The molecule has 2 atom stereocenters. The molecule has 9 nitrogen and oxygen atoms in total. The monoisotopic (exact) mass is 574 g/mol. The van der Waals surface area contributed by atoms with E-state index in [1.165, 1.54) is 12.1 Å². The van der Waals surface area contributed by atoms with Gasteiger partial charge in [-0.2, -0.15) is 4.31 Å². The lowest BCUT2D eigenvalue weighted by Gasteiger charge is -2.38. The first kappa shape index (κ1) is 28.0. The molecule has 3 aromatic carbocycles. The Kier molecular flexibility index (Phi) is 8.01. The maximum Gasteiger partial charge on any atom is 0.243 e. The highest BCUT2D eigenvalue weighted by atomic mass is 32.2. The normalized spacial score (nSPS) is 20.8. The van der Waals surface area contributed by atoms with Crippen molar-refractivity contribution < 1.29 is 31.4 Å². The fourth-order valence-corrected chi connectivity index (χ4v) is 7.42. The van der Waals surface area contributed by atoms with E-state index in [0.717, 1.165) is 23.4 Å². The van der Waals surface area contributed by atoms with Gasteiger partial charge in [0.15, 0.2) is 9.84 Å². The Hall–Kier alpha value is -2.54. The van der Waals surface area contributed by atoms with Crippen molar-refractivity contribution in [1.82, 2.24) is 9.62 Å². The molecule has 2 fully saturated rings. The summed E-state index contributed by atoms with van der Waals surface area (Å²) >= 11 is 0. The third-order valence-electron chi connectivity index (χ3n) is 7.52. The van der Waals surface area contributed by atoms with Crippen molar-refractivity contribution in [2.45, 2.75) is 46.8 Å². The van der Waals surface area contributed by atoms with Gasteiger partial charge >= 0.3 is 0 Å². The molecule has 0 aromatic heterocycles. The molecule has 3 aromatic rings. The quantitative estimate of drug-likeness (QED) is 0.400. The summed E-state index contributed by atoms with van der Waals surface area (Å²) < 4.78 is 63.4. The van der Waals surface area contributed by atoms with Crippen LogP contribution in [0.2, 0.25) is 0 Å². The Labute approximate surface area is 229 Å². The van der Waals surface area contributed by atoms with Crippen LogP contribution in [-0.2, 0) is 24.6 Å². The number of benzene rings is 3. The van der Waals surface area contributed by atoms with Gasteiger partial charge in [-0.3, -0.25) is 0 Å². The Morgan fingerprint density at radius 2 is 1.74 bits per heavy atom. The molecular weight excluding hydrogens is 540 g/mol. The molecular formula is C28H34N2O7S2. The van der Waals surface area contributed by atoms with E-state index >= 15 is 0 Å². The van der Waals surface area contributed by atoms with E-state index in [0.29, 0.717) is 49.7 Å². The van der Waals surface area contributed by atoms with Crippen LogP contribution in [-0.4, -0.2) is 83.1 Å². The van der Waals surface area contributed by atoms with E-state index in [2.05, 4.69) is 5.32 Å². The standard InChI is InChI=1S/C28H34N2O7S2/c1-38(32,33)26-8-4-7-25(16-26)36-20-24(31)18-29-23-17-28(37-19-23)11-13-30(14-12-28)39(34,35)27-10-9-21-5-2-3-6-22(21)15-27/h2-10,15-16,23-24,29,31H,11-14,17-20H2,1H3/t23-,24+/m1/s1. The first-order valence-corrected chi connectivity index (χ1v) is 16.3. The molecule has 0 saturated carbocycles. The summed E-state index contributed by atoms with van der Waals surface area (Å²) in [7, 11) is -6.93. The molecule has 0 unspecified atom stereocenters. The van der Waals surface area contributed by atoms with Gasteiger partial charge in [0.2, 0.25) is 10.0 Å². The number of piperidine rings is 1. The largest absolute Gasteiger partial charge is 0.491 e. The third-order valence-corrected chi connectivity index (χ3v) is 10.5. The number of ether oxygens (including phenoxy) is 2. The zero-order chi connectivity index (χ0) is 27.7. The Bertz CT molecular complexity index is 1530. The van der Waals surface area contributed by atoms with Gasteiger partial charge in [0, 0.05) is 31.9 Å². The van der Waals surface area contributed by atoms with Crippen LogP contribution >= 0.6 is 0 Å². The molecule has 2 saturated heterocycles. The molecule has 0 amide bonds. The molecule has 2 N–H and O–H groups in total. The second kappa shape index (κ2) is 11.1. The minimum absolute atomic E-state index is 0.0144. The lowest BCUT2D eigenvalue weighted by molar-refractivity contribution is -0.0312. The maximum absolute atomic E-state index is 13.3. The SMILES string of the molecule is CS(=O)(=O)c1cccc(OC[C@@H](O)CN[C@H]2COC3(CCN(S(=O)(=O)c4ccc5ccccc5c4)CC3)C2)c1. The molecule has 0 radical (unpaired) electrons. The maximum atomic E-state index is 13.3. The zero-order valence-corrected chi connectivity index (χ0v) is 23.5. The molecule has 1 spiro atoms. The summed E-state index contributed by atoms with van der Waals surface area (Å²) in [6, 6.07) is 19.2. The van der Waals surface area contributed by atoms with Gasteiger partial charge in [0.25, 0.3) is 0 Å². The number of sulfone groups is 1. The van der Waals surface area contributed by atoms with E-state index in [-0.39, 0.29) is 23.1 Å². The lowest BCUT2D eigenvalue weighted by atomic mass is 9.88. The molecule has 2 heterocycles. The van der Waals surface area contributed by atoms with Crippen molar-refractivity contribution in [3.63, 3.8) is 0 Å². The van der Waals surface area contributed by atoms with Gasteiger partial charge in [0.1, 0.15) is 18.5 Å². The number of fused-ring (bicyclic) bond motifs is 1. The highest BCUT2D eigenvalue weighted by molar-refractivity contribution is 7.90. The molecule has 5 rings (SSSR count). The minimum Gasteiger partial charge on any atom is -0.491 e. The summed E-state index contributed by atoms with van der Waals surface area (Å²) in [5.74, 6) is 0.380. The van der Waals surface area contributed by atoms with E-state index in [1.54, 1.807) is 28.6 Å². The van der Waals surface area contributed by atoms with Crippen LogP contribution in [0.4, 0.5) is 0 Å². The molecule has 39 heavy (non-hydrogen) atoms. The van der Waals surface area contributed by atoms with E-state index in [4.69, 9.17) is 9.47 Å². The Morgan fingerprint density at radius 1 is 1.00 bits per heavy atom. The first-order chi connectivity index (χ1) is 18.5. The molecule has 11 heteroatoms. The summed E-state index contributed by atoms with van der Waals surface area (Å²) in [6.07, 6.45) is 2.30. The van der Waals surface area contributed by atoms with Crippen molar-refractivity contribution in [1.29, 1.82) is 0 Å². The Balaban J connectivity index is 1.10. The first-order valence-electron chi connectivity index (χ1n) is 13.0. The number of rotatable bonds is 9. The fourth-order valence-electron chi connectivity index (χ4n) is 5.28. The lowest BCUT2D eigenvalue weighted by Crippen LogP contribution is -2.47. The highest BCUT2D eigenvalue weighted by Crippen LogP contribution is 2.37. The predicted molar refractivity (Wildman–Crippen MR) is 148 cm³/mol. The van der Waals surface area contributed by atoms with E-state index in [1.807, 2.05) is 30.3 Å². The average Bonchev–Trinajstić information content (AvgIpc) is 3.32. The number of aliphatic hydroxyl groups excluding tert-OH is 1. The summed E-state index contributed by atoms with van der Waals surface area (Å²) in [5.41, 5.74) is -0.374. The van der Waals surface area contributed by atoms with E-state index < -0.39 is 26.0 Å². The van der Waals surface area contributed by atoms with Crippen molar-refractivity contribution in [2.75, 3.05) is 39.1 Å². The summed E-state index contributed by atoms with van der Waals surface area (Å²) in [6.45, 7) is 1.58. The van der Waals surface area contributed by atoms with Gasteiger partial charge in [-0.1, -0.05) is 36.4 Å². The minimum atomic E-state index is -3.59. The molecule has 0 bridgehead atoms. The van der Waals surface area contributed by atoms with Crippen LogP contribution in [0.5, 0.6) is 5.75 Å².